The van der Waals surface area contributed by atoms with Gasteiger partial charge in [-0.1, -0.05) is 0 Å². The van der Waals surface area contributed by atoms with Crippen LogP contribution in [-0.4, -0.2) is 46.5 Å². The molecule has 9 nitrogen and oxygen atoms in total. The first-order valence-electron chi connectivity index (χ1n) is 7.25. The summed E-state index contributed by atoms with van der Waals surface area (Å²) in [6.07, 6.45) is 2.26. The molecule has 26 heavy (non-hydrogen) atoms. The maximum atomic E-state index is 12.9. The van der Waals surface area contributed by atoms with Crippen molar-refractivity contribution < 1.29 is 28.0 Å². The summed E-state index contributed by atoms with van der Waals surface area (Å²) < 4.78 is 36.4. The molecule has 0 aliphatic carbocycles. The number of hydrogen-bond donors (Lipinski definition) is 0. The second-order valence-corrected chi connectivity index (χ2v) is 5.17. The van der Waals surface area contributed by atoms with E-state index in [9.17, 15) is 23.7 Å². The van der Waals surface area contributed by atoms with Crippen LogP contribution in [0.25, 0.3) is 0 Å². The molecule has 140 valence electrons. The van der Waals surface area contributed by atoms with Crippen molar-refractivity contribution in [2.24, 2.45) is 0 Å². The Bertz CT molecular complexity index is 824. The van der Waals surface area contributed by atoms with E-state index in [0.717, 1.165) is 17.2 Å². The van der Waals surface area contributed by atoms with E-state index in [0.29, 0.717) is 4.57 Å². The SMILES string of the molecule is COc1cc(C(=O)N(C)Cc2nccn2C(F)F)c([N+](=O)[O-])cc1OC. The molecule has 0 radical (unpaired) electrons. The van der Waals surface area contributed by atoms with Crippen LogP contribution in [0, 0.1) is 10.1 Å². The highest BCUT2D eigenvalue weighted by molar-refractivity contribution is 5.98. The van der Waals surface area contributed by atoms with E-state index in [2.05, 4.69) is 4.98 Å². The van der Waals surface area contributed by atoms with Crippen LogP contribution in [-0.2, 0) is 6.54 Å². The fourth-order valence-corrected chi connectivity index (χ4v) is 2.32. The Balaban J connectivity index is 2.38. The van der Waals surface area contributed by atoms with Crippen LogP contribution >= 0.6 is 0 Å². The molecule has 2 rings (SSSR count). The van der Waals surface area contributed by atoms with Gasteiger partial charge in [0.25, 0.3) is 11.6 Å². The maximum absolute atomic E-state index is 12.9. The largest absolute Gasteiger partial charge is 0.493 e. The number of nitro benzene ring substituents is 1. The number of hydrogen-bond acceptors (Lipinski definition) is 6. The number of carbonyl (C=O) groups is 1. The van der Waals surface area contributed by atoms with Gasteiger partial charge in [0.2, 0.25) is 0 Å². The average Bonchev–Trinajstić information content (AvgIpc) is 3.07. The van der Waals surface area contributed by atoms with Crippen molar-refractivity contribution >= 4 is 11.6 Å². The normalized spacial score (nSPS) is 10.7. The van der Waals surface area contributed by atoms with Crippen molar-refractivity contribution in [2.75, 3.05) is 21.3 Å². The first-order valence-corrected chi connectivity index (χ1v) is 7.25. The summed E-state index contributed by atoms with van der Waals surface area (Å²) in [5.41, 5.74) is -0.748. The molecular formula is C15H16F2N4O5. The third kappa shape index (κ3) is 3.71. The number of methoxy groups -OCH3 is 2. The minimum absolute atomic E-state index is 0.0565. The third-order valence-electron chi connectivity index (χ3n) is 3.61. The predicted octanol–water partition coefficient (Wildman–Crippen LogP) is 2.48. The smallest absolute Gasteiger partial charge is 0.319 e. The second-order valence-electron chi connectivity index (χ2n) is 5.17. The van der Waals surface area contributed by atoms with Crippen LogP contribution in [0.3, 0.4) is 0 Å². The zero-order valence-electron chi connectivity index (χ0n) is 14.2. The summed E-state index contributed by atoms with van der Waals surface area (Å²) in [6, 6.07) is 2.25. The van der Waals surface area contributed by atoms with Gasteiger partial charge in [-0.15, -0.1) is 0 Å². The summed E-state index contributed by atoms with van der Waals surface area (Å²) in [5.74, 6) is -0.587. The molecule has 1 amide bonds. The van der Waals surface area contributed by atoms with Crippen molar-refractivity contribution in [2.45, 2.75) is 13.1 Å². The molecule has 0 spiro atoms. The van der Waals surface area contributed by atoms with E-state index >= 15 is 0 Å². The number of carbonyl (C=O) groups excluding carboxylic acids is 1. The van der Waals surface area contributed by atoms with Gasteiger partial charge < -0.3 is 14.4 Å². The monoisotopic (exact) mass is 370 g/mol. The van der Waals surface area contributed by atoms with Crippen LogP contribution in [0.1, 0.15) is 22.7 Å². The van der Waals surface area contributed by atoms with Gasteiger partial charge in [-0.05, 0) is 0 Å². The number of benzene rings is 1. The fraction of sp³-hybridized carbons (Fsp3) is 0.333. The molecule has 0 fully saturated rings. The molecule has 1 aromatic carbocycles. The molecule has 0 aliphatic heterocycles. The van der Waals surface area contributed by atoms with E-state index in [4.69, 9.17) is 9.47 Å². The number of rotatable bonds is 7. The molecule has 11 heteroatoms. The van der Waals surface area contributed by atoms with E-state index in [-0.39, 0.29) is 29.4 Å². The molecule has 0 unspecified atom stereocenters. The second kappa shape index (κ2) is 7.76. The molecular weight excluding hydrogens is 354 g/mol. The Labute approximate surface area is 146 Å². The summed E-state index contributed by atoms with van der Waals surface area (Å²) in [5, 5.41) is 11.3. The minimum atomic E-state index is -2.81. The summed E-state index contributed by atoms with van der Waals surface area (Å²) in [6.45, 7) is -3.08. The van der Waals surface area contributed by atoms with Crippen LogP contribution in [0.15, 0.2) is 24.5 Å². The standard InChI is InChI=1S/C15H16F2N4O5/c1-19(8-13-18-4-5-20(13)15(16)17)14(22)9-6-11(25-2)12(26-3)7-10(9)21(23)24/h4-7,15H,8H2,1-3H3. The Morgan fingerprint density at radius 3 is 2.50 bits per heavy atom. The predicted molar refractivity (Wildman–Crippen MR) is 85.5 cm³/mol. The van der Waals surface area contributed by atoms with E-state index in [1.807, 2.05) is 0 Å². The van der Waals surface area contributed by atoms with Crippen molar-refractivity contribution in [3.05, 3.63) is 46.0 Å². The van der Waals surface area contributed by atoms with E-state index < -0.39 is 23.1 Å². The highest BCUT2D eigenvalue weighted by atomic mass is 19.3. The summed E-state index contributed by atoms with van der Waals surface area (Å²) in [4.78, 5) is 28.0. The van der Waals surface area contributed by atoms with Gasteiger partial charge in [-0.3, -0.25) is 19.5 Å². The number of halogens is 2. The Morgan fingerprint density at radius 1 is 1.35 bits per heavy atom. The van der Waals surface area contributed by atoms with Crippen LogP contribution in [0.2, 0.25) is 0 Å². The molecule has 0 saturated carbocycles. The number of amides is 1. The Morgan fingerprint density at radius 2 is 1.96 bits per heavy atom. The third-order valence-corrected chi connectivity index (χ3v) is 3.61. The molecule has 0 aliphatic rings. The quantitative estimate of drug-likeness (QED) is 0.548. The first kappa shape index (κ1) is 19.1. The maximum Gasteiger partial charge on any atom is 0.319 e. The van der Waals surface area contributed by atoms with Gasteiger partial charge >= 0.3 is 6.55 Å². The fourth-order valence-electron chi connectivity index (χ4n) is 2.32. The lowest BCUT2D eigenvalue weighted by molar-refractivity contribution is -0.385. The topological polar surface area (TPSA) is 99.7 Å². The molecule has 1 aromatic heterocycles. The number of imidazole rings is 1. The number of nitrogens with zero attached hydrogens (tertiary/aromatic N) is 4. The van der Waals surface area contributed by atoms with Crippen molar-refractivity contribution in [1.82, 2.24) is 14.5 Å². The lowest BCUT2D eigenvalue weighted by atomic mass is 10.1. The molecule has 1 heterocycles. The molecule has 2 aromatic rings. The first-order chi connectivity index (χ1) is 12.3. The van der Waals surface area contributed by atoms with Crippen LogP contribution in [0.4, 0.5) is 14.5 Å². The van der Waals surface area contributed by atoms with Crippen molar-refractivity contribution in [3.63, 3.8) is 0 Å². The number of alkyl halides is 2. The van der Waals surface area contributed by atoms with Crippen LogP contribution < -0.4 is 9.47 Å². The number of nitro groups is 1. The van der Waals surface area contributed by atoms with Gasteiger partial charge in [0.1, 0.15) is 11.4 Å². The van der Waals surface area contributed by atoms with E-state index in [1.165, 1.54) is 33.5 Å². The minimum Gasteiger partial charge on any atom is -0.493 e. The van der Waals surface area contributed by atoms with Gasteiger partial charge in [-0.25, -0.2) is 4.98 Å². The van der Waals surface area contributed by atoms with Gasteiger partial charge in [-0.2, -0.15) is 8.78 Å². The van der Waals surface area contributed by atoms with Crippen LogP contribution in [0.5, 0.6) is 11.5 Å². The zero-order chi connectivity index (χ0) is 19.4. The van der Waals surface area contributed by atoms with E-state index in [1.54, 1.807) is 0 Å². The zero-order valence-corrected chi connectivity index (χ0v) is 14.2. The van der Waals surface area contributed by atoms with Crippen molar-refractivity contribution in [1.29, 1.82) is 0 Å². The van der Waals surface area contributed by atoms with Gasteiger partial charge in [0, 0.05) is 25.5 Å². The van der Waals surface area contributed by atoms with Crippen molar-refractivity contribution in [3.8, 4) is 11.5 Å². The molecule has 0 bridgehead atoms. The Hall–Kier alpha value is -3.24. The highest BCUT2D eigenvalue weighted by Crippen LogP contribution is 2.35. The Kier molecular flexibility index (Phi) is 5.70. The lowest BCUT2D eigenvalue weighted by Crippen LogP contribution is -2.28. The number of ether oxygens (including phenoxy) is 2. The summed E-state index contributed by atoms with van der Waals surface area (Å²) in [7, 11) is 3.95. The summed E-state index contributed by atoms with van der Waals surface area (Å²) >= 11 is 0. The highest BCUT2D eigenvalue weighted by Gasteiger charge is 2.27. The molecule has 0 atom stereocenters. The van der Waals surface area contributed by atoms with Gasteiger partial charge in [0.15, 0.2) is 11.5 Å². The molecule has 0 saturated heterocycles. The average molecular weight is 370 g/mol. The van der Waals surface area contributed by atoms with Gasteiger partial charge in [0.05, 0.1) is 31.8 Å². The number of aromatic nitrogens is 2. The molecule has 0 N–H and O–H groups in total. The lowest BCUT2D eigenvalue weighted by Gasteiger charge is -2.18.